The van der Waals surface area contributed by atoms with Crippen LogP contribution in [0.1, 0.15) is 48.2 Å². The number of benzene rings is 2. The summed E-state index contributed by atoms with van der Waals surface area (Å²) in [5, 5.41) is 4.45. The maximum Gasteiger partial charge on any atom is 0.340 e. The van der Waals surface area contributed by atoms with Crippen LogP contribution in [-0.4, -0.2) is 18.2 Å². The molecule has 2 aromatic carbocycles. The molecular formula is C22H23FN2O3S. The highest BCUT2D eigenvalue weighted by Gasteiger charge is 2.23. The summed E-state index contributed by atoms with van der Waals surface area (Å²) in [6, 6.07) is 12.5. The Morgan fingerprint density at radius 1 is 1.07 bits per heavy atom. The number of aryl methyl sites for hydroxylation is 3. The lowest BCUT2D eigenvalue weighted by Crippen LogP contribution is -2.16. The van der Waals surface area contributed by atoms with Gasteiger partial charge in [0.05, 0.1) is 11.7 Å². The van der Waals surface area contributed by atoms with Crippen LogP contribution in [-0.2, 0) is 23.0 Å². The average molecular weight is 415 g/mol. The van der Waals surface area contributed by atoms with Gasteiger partial charge in [-0.25, -0.2) is 9.07 Å². The van der Waals surface area contributed by atoms with Gasteiger partial charge in [0.15, 0.2) is 0 Å². The van der Waals surface area contributed by atoms with E-state index in [1.165, 1.54) is 42.2 Å². The second-order valence-corrected chi connectivity index (χ2v) is 9.02. The number of nitrogens with zero attached hydrogens (tertiary/aromatic N) is 2. The van der Waals surface area contributed by atoms with Gasteiger partial charge in [-0.2, -0.15) is 13.5 Å². The third-order valence-corrected chi connectivity index (χ3v) is 6.55. The summed E-state index contributed by atoms with van der Waals surface area (Å²) < 4.78 is 45.7. The summed E-state index contributed by atoms with van der Waals surface area (Å²) in [6.45, 7) is 3.73. The van der Waals surface area contributed by atoms with Crippen LogP contribution >= 0.6 is 0 Å². The molecule has 0 aliphatic heterocycles. The Morgan fingerprint density at radius 3 is 2.59 bits per heavy atom. The average Bonchev–Trinajstić information content (AvgIpc) is 3.06. The molecule has 0 bridgehead atoms. The minimum absolute atomic E-state index is 0.108. The Morgan fingerprint density at radius 2 is 1.83 bits per heavy atom. The molecule has 0 spiro atoms. The molecule has 4 rings (SSSR count). The third-order valence-electron chi connectivity index (χ3n) is 5.33. The zero-order valence-electron chi connectivity index (χ0n) is 16.4. The second kappa shape index (κ2) is 7.63. The zero-order chi connectivity index (χ0) is 20.6. The lowest BCUT2D eigenvalue weighted by atomic mass is 9.89. The molecule has 1 aliphatic carbocycles. The smallest absolute Gasteiger partial charge is 0.340 e. The molecule has 0 amide bonds. The maximum atomic E-state index is 13.5. The highest BCUT2D eigenvalue weighted by atomic mass is 32.2. The van der Waals surface area contributed by atoms with Crippen molar-refractivity contribution in [2.24, 2.45) is 0 Å². The van der Waals surface area contributed by atoms with Crippen molar-refractivity contribution < 1.29 is 17.0 Å². The third kappa shape index (κ3) is 4.05. The Bertz CT molecular complexity index is 1150. The maximum absolute atomic E-state index is 13.5. The van der Waals surface area contributed by atoms with Crippen LogP contribution < -0.4 is 4.18 Å². The first-order valence-corrected chi connectivity index (χ1v) is 11.1. The van der Waals surface area contributed by atoms with Crippen LogP contribution in [0, 0.1) is 12.7 Å². The summed E-state index contributed by atoms with van der Waals surface area (Å²) in [4.78, 5) is -0.232. The van der Waals surface area contributed by atoms with Crippen LogP contribution in [0.4, 0.5) is 4.39 Å². The monoisotopic (exact) mass is 414 g/mol. The molecule has 1 heterocycles. The van der Waals surface area contributed by atoms with Crippen LogP contribution in [0.25, 0.3) is 0 Å². The van der Waals surface area contributed by atoms with Crippen molar-refractivity contribution in [3.05, 3.63) is 76.7 Å². The molecule has 1 unspecified atom stereocenters. The largest absolute Gasteiger partial charge is 0.358 e. The number of halogens is 1. The first kappa shape index (κ1) is 19.6. The van der Waals surface area contributed by atoms with Gasteiger partial charge in [0, 0.05) is 6.07 Å². The van der Waals surface area contributed by atoms with Crippen molar-refractivity contribution in [1.29, 1.82) is 0 Å². The van der Waals surface area contributed by atoms with Gasteiger partial charge in [-0.1, -0.05) is 24.3 Å². The quantitative estimate of drug-likeness (QED) is 0.573. The SMILES string of the molecule is Cc1cc(OS(=O)(=O)c2cccc(F)c2)n(C(C)c2ccc3c(c2)CCCC3)n1. The van der Waals surface area contributed by atoms with E-state index in [2.05, 4.69) is 23.3 Å². The molecule has 3 aromatic rings. The van der Waals surface area contributed by atoms with Gasteiger partial charge in [0.2, 0.25) is 5.88 Å². The first-order chi connectivity index (χ1) is 13.8. The molecule has 0 radical (unpaired) electrons. The molecule has 152 valence electrons. The molecule has 7 heteroatoms. The predicted octanol–water partition coefficient (Wildman–Crippen LogP) is 4.59. The van der Waals surface area contributed by atoms with E-state index < -0.39 is 15.9 Å². The summed E-state index contributed by atoms with van der Waals surface area (Å²) in [6.07, 6.45) is 4.57. The van der Waals surface area contributed by atoms with Crippen molar-refractivity contribution in [2.45, 2.75) is 50.5 Å². The van der Waals surface area contributed by atoms with Gasteiger partial charge in [-0.05, 0) is 74.4 Å². The fraction of sp³-hybridized carbons (Fsp3) is 0.318. The number of aromatic nitrogens is 2. The fourth-order valence-corrected chi connectivity index (χ4v) is 4.72. The van der Waals surface area contributed by atoms with Crippen LogP contribution in [0.3, 0.4) is 0 Å². The standard InChI is InChI=1S/C22H23FN2O3S/c1-15-12-22(28-29(26,27)21-9-5-8-20(23)14-21)25(24-15)16(2)18-11-10-17-6-3-4-7-19(17)13-18/h5,8-14,16H,3-4,6-7H2,1-2H3. The van der Waals surface area contributed by atoms with Crippen molar-refractivity contribution in [3.8, 4) is 5.88 Å². The minimum atomic E-state index is -4.18. The lowest BCUT2D eigenvalue weighted by Gasteiger charge is -2.20. The van der Waals surface area contributed by atoms with Gasteiger partial charge >= 0.3 is 10.1 Å². The van der Waals surface area contributed by atoms with Crippen molar-refractivity contribution in [3.63, 3.8) is 0 Å². The summed E-state index contributed by atoms with van der Waals surface area (Å²) in [7, 11) is -4.18. The molecular weight excluding hydrogens is 391 g/mol. The highest BCUT2D eigenvalue weighted by Crippen LogP contribution is 2.30. The minimum Gasteiger partial charge on any atom is -0.358 e. The van der Waals surface area contributed by atoms with Crippen LogP contribution in [0.5, 0.6) is 5.88 Å². The number of hydrogen-bond acceptors (Lipinski definition) is 4. The van der Waals surface area contributed by atoms with E-state index in [1.807, 2.05) is 6.92 Å². The number of fused-ring (bicyclic) bond motifs is 1. The van der Waals surface area contributed by atoms with E-state index in [9.17, 15) is 12.8 Å². The van der Waals surface area contributed by atoms with E-state index in [-0.39, 0.29) is 16.8 Å². The van der Waals surface area contributed by atoms with E-state index in [0.717, 1.165) is 24.5 Å². The highest BCUT2D eigenvalue weighted by molar-refractivity contribution is 7.87. The van der Waals surface area contributed by atoms with E-state index in [1.54, 1.807) is 17.7 Å². The molecule has 0 fully saturated rings. The normalized spacial score (nSPS) is 15.0. The van der Waals surface area contributed by atoms with Crippen LogP contribution in [0.15, 0.2) is 53.4 Å². The molecule has 0 saturated carbocycles. The van der Waals surface area contributed by atoms with Gasteiger partial charge < -0.3 is 4.18 Å². The van der Waals surface area contributed by atoms with Crippen LogP contribution in [0.2, 0.25) is 0 Å². The first-order valence-electron chi connectivity index (χ1n) is 9.71. The second-order valence-electron chi connectivity index (χ2n) is 7.47. The van der Waals surface area contributed by atoms with E-state index >= 15 is 0 Å². The Balaban J connectivity index is 1.66. The molecule has 0 N–H and O–H groups in total. The molecule has 5 nitrogen and oxygen atoms in total. The summed E-state index contributed by atoms with van der Waals surface area (Å²) in [5.41, 5.74) is 4.41. The van der Waals surface area contributed by atoms with Gasteiger partial charge in [-0.3, -0.25) is 0 Å². The molecule has 0 saturated heterocycles. The molecule has 1 atom stereocenters. The molecule has 1 aliphatic rings. The Kier molecular flexibility index (Phi) is 5.17. The van der Waals surface area contributed by atoms with Gasteiger partial charge in [0.25, 0.3) is 0 Å². The van der Waals surface area contributed by atoms with Crippen molar-refractivity contribution in [1.82, 2.24) is 9.78 Å². The van der Waals surface area contributed by atoms with E-state index in [0.29, 0.717) is 5.69 Å². The van der Waals surface area contributed by atoms with Crippen molar-refractivity contribution in [2.75, 3.05) is 0 Å². The van der Waals surface area contributed by atoms with E-state index in [4.69, 9.17) is 4.18 Å². The topological polar surface area (TPSA) is 61.2 Å². The number of hydrogen-bond donors (Lipinski definition) is 0. The van der Waals surface area contributed by atoms with Crippen molar-refractivity contribution >= 4 is 10.1 Å². The molecule has 29 heavy (non-hydrogen) atoms. The van der Waals surface area contributed by atoms with Gasteiger partial charge in [0.1, 0.15) is 10.7 Å². The zero-order valence-corrected chi connectivity index (χ0v) is 17.2. The van der Waals surface area contributed by atoms with Gasteiger partial charge in [-0.15, -0.1) is 0 Å². The lowest BCUT2D eigenvalue weighted by molar-refractivity contribution is 0.425. The Labute approximate surface area is 170 Å². The molecule has 1 aromatic heterocycles. The number of rotatable bonds is 5. The fourth-order valence-electron chi connectivity index (χ4n) is 3.77. The summed E-state index contributed by atoms with van der Waals surface area (Å²) >= 11 is 0. The summed E-state index contributed by atoms with van der Waals surface area (Å²) in [5.74, 6) is -0.529. The predicted molar refractivity (Wildman–Crippen MR) is 108 cm³/mol. The Hall–Kier alpha value is -2.67.